The molecule has 0 spiro atoms. The third-order valence-corrected chi connectivity index (χ3v) is 3.85. The number of rotatable bonds is 6. The molecule has 0 radical (unpaired) electrons. The van der Waals surface area contributed by atoms with Crippen LogP contribution in [0.15, 0.2) is 34.9 Å². The Balaban J connectivity index is 2.01. The molecule has 1 unspecified atom stereocenters. The zero-order chi connectivity index (χ0) is 13.7. The molecule has 0 fully saturated rings. The van der Waals surface area contributed by atoms with Gasteiger partial charge in [-0.25, -0.2) is 0 Å². The van der Waals surface area contributed by atoms with Gasteiger partial charge in [0, 0.05) is 24.9 Å². The monoisotopic (exact) mass is 298 g/mol. The molecule has 0 aliphatic rings. The highest BCUT2D eigenvalue weighted by Gasteiger charge is 2.18. The first kappa shape index (κ1) is 14.1. The van der Waals surface area contributed by atoms with Gasteiger partial charge in [-0.15, -0.1) is 11.3 Å². The second-order valence-corrected chi connectivity index (χ2v) is 5.77. The zero-order valence-corrected chi connectivity index (χ0v) is 12.1. The van der Waals surface area contributed by atoms with Crippen molar-refractivity contribution in [3.8, 4) is 0 Å². The molecule has 2 aromatic rings. The van der Waals surface area contributed by atoms with Crippen LogP contribution in [-0.4, -0.2) is 19.0 Å². The summed E-state index contributed by atoms with van der Waals surface area (Å²) >= 11 is 7.49. The summed E-state index contributed by atoms with van der Waals surface area (Å²) in [5.41, 5.74) is 0. The van der Waals surface area contributed by atoms with Gasteiger partial charge in [0.2, 0.25) is 5.91 Å². The van der Waals surface area contributed by atoms with E-state index in [4.69, 9.17) is 16.0 Å². The molecule has 2 heterocycles. The van der Waals surface area contributed by atoms with Gasteiger partial charge in [0.1, 0.15) is 11.8 Å². The molecule has 0 aromatic carbocycles. The summed E-state index contributed by atoms with van der Waals surface area (Å²) in [5.74, 6) is 0.803. The van der Waals surface area contributed by atoms with E-state index in [0.717, 1.165) is 15.0 Å². The first-order valence-electron chi connectivity index (χ1n) is 5.93. The molecule has 0 saturated carbocycles. The summed E-state index contributed by atoms with van der Waals surface area (Å²) in [6.45, 7) is 2.73. The summed E-state index contributed by atoms with van der Waals surface area (Å²) < 4.78 is 6.20. The van der Waals surface area contributed by atoms with E-state index in [0.29, 0.717) is 13.1 Å². The van der Waals surface area contributed by atoms with Crippen LogP contribution in [0.1, 0.15) is 23.6 Å². The zero-order valence-electron chi connectivity index (χ0n) is 10.5. The van der Waals surface area contributed by atoms with E-state index in [1.54, 1.807) is 6.26 Å². The number of furan rings is 1. The maximum Gasteiger partial charge on any atom is 0.216 e. The van der Waals surface area contributed by atoms with Gasteiger partial charge < -0.3 is 15.1 Å². The largest absolute Gasteiger partial charge is 0.467 e. The van der Waals surface area contributed by atoms with Crippen molar-refractivity contribution in [2.75, 3.05) is 13.1 Å². The van der Waals surface area contributed by atoms with Gasteiger partial charge in [-0.05, 0) is 24.3 Å². The molecular formula is C13H15ClN2O2S. The quantitative estimate of drug-likeness (QED) is 0.806. The fourth-order valence-corrected chi connectivity index (χ4v) is 2.88. The lowest BCUT2D eigenvalue weighted by molar-refractivity contribution is -0.118. The summed E-state index contributed by atoms with van der Waals surface area (Å²) in [6, 6.07) is 7.58. The Labute approximate surface area is 120 Å². The predicted octanol–water partition coefficient (Wildman–Crippen LogP) is 2.81. The number of amides is 1. The fraction of sp³-hybridized carbons (Fsp3) is 0.308. The Hall–Kier alpha value is -1.30. The topological polar surface area (TPSA) is 54.3 Å². The summed E-state index contributed by atoms with van der Waals surface area (Å²) in [5, 5.41) is 6.10. The predicted molar refractivity (Wildman–Crippen MR) is 76.6 cm³/mol. The highest BCUT2D eigenvalue weighted by molar-refractivity contribution is 7.16. The Bertz CT molecular complexity index is 524. The minimum absolute atomic E-state index is 0.0319. The molecule has 2 N–H and O–H groups in total. The highest BCUT2D eigenvalue weighted by atomic mass is 35.5. The van der Waals surface area contributed by atoms with Crippen LogP contribution in [0.25, 0.3) is 0 Å². The second kappa shape index (κ2) is 6.75. The second-order valence-electron chi connectivity index (χ2n) is 4.03. The standard InChI is InChI=1S/C13H15ClN2O2S/c1-9(17)15-6-7-16-13(10-3-2-8-18-10)11-4-5-12(14)19-11/h2-5,8,13,16H,6-7H2,1H3,(H,15,17). The number of nitrogens with one attached hydrogen (secondary N) is 2. The molecule has 0 aliphatic heterocycles. The molecule has 4 nitrogen and oxygen atoms in total. The van der Waals surface area contributed by atoms with Crippen LogP contribution < -0.4 is 10.6 Å². The van der Waals surface area contributed by atoms with Crippen LogP contribution in [0.5, 0.6) is 0 Å². The van der Waals surface area contributed by atoms with Gasteiger partial charge in [-0.2, -0.15) is 0 Å². The minimum atomic E-state index is -0.0405. The first-order valence-corrected chi connectivity index (χ1v) is 7.12. The first-order chi connectivity index (χ1) is 9.16. The summed E-state index contributed by atoms with van der Waals surface area (Å²) in [7, 11) is 0. The number of halogens is 1. The van der Waals surface area contributed by atoms with Gasteiger partial charge in [0.25, 0.3) is 0 Å². The molecule has 2 rings (SSSR count). The molecule has 0 saturated heterocycles. The Morgan fingerprint density at radius 2 is 2.26 bits per heavy atom. The molecule has 0 aliphatic carbocycles. The van der Waals surface area contributed by atoms with Crippen molar-refractivity contribution in [2.45, 2.75) is 13.0 Å². The van der Waals surface area contributed by atoms with Gasteiger partial charge >= 0.3 is 0 Å². The number of hydrogen-bond donors (Lipinski definition) is 2. The molecule has 1 amide bonds. The molecular weight excluding hydrogens is 284 g/mol. The van der Waals surface area contributed by atoms with Gasteiger partial charge in [-0.1, -0.05) is 11.6 Å². The Morgan fingerprint density at radius 1 is 1.42 bits per heavy atom. The van der Waals surface area contributed by atoms with Crippen LogP contribution >= 0.6 is 22.9 Å². The number of thiophene rings is 1. The average Bonchev–Trinajstić information content (AvgIpc) is 3.00. The number of hydrogen-bond acceptors (Lipinski definition) is 4. The summed E-state index contributed by atoms with van der Waals surface area (Å²) in [6.07, 6.45) is 1.65. The van der Waals surface area contributed by atoms with E-state index in [1.165, 1.54) is 18.3 Å². The SMILES string of the molecule is CC(=O)NCCNC(c1ccco1)c1ccc(Cl)s1. The summed E-state index contributed by atoms with van der Waals surface area (Å²) in [4.78, 5) is 11.9. The smallest absolute Gasteiger partial charge is 0.216 e. The van der Waals surface area contributed by atoms with E-state index < -0.39 is 0 Å². The van der Waals surface area contributed by atoms with E-state index >= 15 is 0 Å². The third kappa shape index (κ3) is 4.09. The molecule has 19 heavy (non-hydrogen) atoms. The van der Waals surface area contributed by atoms with E-state index in [-0.39, 0.29) is 11.9 Å². The van der Waals surface area contributed by atoms with Gasteiger partial charge in [0.05, 0.1) is 10.6 Å². The molecule has 2 aromatic heterocycles. The van der Waals surface area contributed by atoms with Crippen LogP contribution in [-0.2, 0) is 4.79 Å². The van der Waals surface area contributed by atoms with Crippen LogP contribution in [0, 0.1) is 0 Å². The Morgan fingerprint density at radius 3 is 2.84 bits per heavy atom. The van der Waals surface area contributed by atoms with E-state index in [1.807, 2.05) is 24.3 Å². The van der Waals surface area contributed by atoms with Crippen molar-refractivity contribution in [1.82, 2.24) is 10.6 Å². The molecule has 1 atom stereocenters. The average molecular weight is 299 g/mol. The third-order valence-electron chi connectivity index (χ3n) is 2.55. The van der Waals surface area contributed by atoms with Crippen LogP contribution in [0.3, 0.4) is 0 Å². The fourth-order valence-electron chi connectivity index (χ4n) is 1.74. The molecule has 0 bridgehead atoms. The Kier molecular flexibility index (Phi) is 5.01. The van der Waals surface area contributed by atoms with Crippen molar-refractivity contribution in [3.05, 3.63) is 45.5 Å². The maximum absolute atomic E-state index is 10.8. The van der Waals surface area contributed by atoms with E-state index in [2.05, 4.69) is 10.6 Å². The number of carbonyl (C=O) groups excluding carboxylic acids is 1. The van der Waals surface area contributed by atoms with Gasteiger partial charge in [0.15, 0.2) is 0 Å². The lowest BCUT2D eigenvalue weighted by Crippen LogP contribution is -2.32. The van der Waals surface area contributed by atoms with Crippen molar-refractivity contribution in [2.24, 2.45) is 0 Å². The van der Waals surface area contributed by atoms with E-state index in [9.17, 15) is 4.79 Å². The lowest BCUT2D eigenvalue weighted by atomic mass is 10.2. The van der Waals surface area contributed by atoms with Crippen LogP contribution in [0.2, 0.25) is 4.34 Å². The van der Waals surface area contributed by atoms with Gasteiger partial charge in [-0.3, -0.25) is 4.79 Å². The molecule has 102 valence electrons. The van der Waals surface area contributed by atoms with Crippen molar-refractivity contribution in [1.29, 1.82) is 0 Å². The van der Waals surface area contributed by atoms with Crippen LogP contribution in [0.4, 0.5) is 0 Å². The highest BCUT2D eigenvalue weighted by Crippen LogP contribution is 2.31. The molecule has 6 heteroatoms. The lowest BCUT2D eigenvalue weighted by Gasteiger charge is -2.15. The number of carbonyl (C=O) groups is 1. The van der Waals surface area contributed by atoms with Crippen molar-refractivity contribution in [3.63, 3.8) is 0 Å². The maximum atomic E-state index is 10.8. The normalized spacial score (nSPS) is 12.3. The van der Waals surface area contributed by atoms with Crippen molar-refractivity contribution >= 4 is 28.8 Å². The van der Waals surface area contributed by atoms with Crippen molar-refractivity contribution < 1.29 is 9.21 Å². The minimum Gasteiger partial charge on any atom is -0.467 e.